The monoisotopic (exact) mass is 225 g/mol. The summed E-state index contributed by atoms with van der Waals surface area (Å²) >= 11 is 3.31. The molecule has 12 heavy (non-hydrogen) atoms. The molecule has 0 unspecified atom stereocenters. The maximum Gasteiger partial charge on any atom is 0.583 e. The van der Waals surface area contributed by atoms with Crippen molar-refractivity contribution >= 4 is 34.7 Å². The van der Waals surface area contributed by atoms with Crippen molar-refractivity contribution in [2.75, 3.05) is 0 Å². The third kappa shape index (κ3) is 1.25. The van der Waals surface area contributed by atoms with Crippen molar-refractivity contribution in [1.29, 1.82) is 0 Å². The summed E-state index contributed by atoms with van der Waals surface area (Å²) in [6, 6.07) is 5.57. The molecule has 60 valence electrons. The van der Waals surface area contributed by atoms with E-state index in [-0.39, 0.29) is 0 Å². The minimum absolute atomic E-state index is 0.736. The van der Waals surface area contributed by atoms with Crippen LogP contribution in [0, 0.1) is 0 Å². The van der Waals surface area contributed by atoms with Gasteiger partial charge in [0.1, 0.15) is 0 Å². The summed E-state index contributed by atoms with van der Waals surface area (Å²) < 4.78 is 5.58. The molecule has 1 heterocycles. The SMILES string of the molecule is OB1ON=Cc2ccc(Br)cc21. The van der Waals surface area contributed by atoms with Gasteiger partial charge in [0, 0.05) is 9.94 Å². The fourth-order valence-electron chi connectivity index (χ4n) is 1.08. The Morgan fingerprint density at radius 2 is 2.33 bits per heavy atom. The smallest absolute Gasteiger partial charge is 0.427 e. The highest BCUT2D eigenvalue weighted by molar-refractivity contribution is 9.10. The van der Waals surface area contributed by atoms with Gasteiger partial charge in [-0.1, -0.05) is 22.0 Å². The van der Waals surface area contributed by atoms with Crippen LogP contribution in [0.25, 0.3) is 0 Å². The Morgan fingerprint density at radius 3 is 3.17 bits per heavy atom. The van der Waals surface area contributed by atoms with E-state index in [1.807, 2.05) is 18.2 Å². The maximum atomic E-state index is 9.33. The van der Waals surface area contributed by atoms with E-state index in [9.17, 15) is 5.02 Å². The van der Waals surface area contributed by atoms with Gasteiger partial charge in [-0.2, -0.15) is 0 Å². The van der Waals surface area contributed by atoms with Crippen LogP contribution in [-0.4, -0.2) is 18.4 Å². The molecule has 5 heteroatoms. The van der Waals surface area contributed by atoms with E-state index in [0.717, 1.165) is 15.5 Å². The highest BCUT2D eigenvalue weighted by Gasteiger charge is 2.24. The molecule has 0 radical (unpaired) electrons. The minimum Gasteiger partial charge on any atom is -0.427 e. The lowest BCUT2D eigenvalue weighted by Crippen LogP contribution is -2.37. The Bertz CT molecular complexity index is 342. The van der Waals surface area contributed by atoms with Gasteiger partial charge in [0.25, 0.3) is 0 Å². The Hall–Kier alpha value is -0.805. The summed E-state index contributed by atoms with van der Waals surface area (Å²) in [5, 5.41) is 12.9. The van der Waals surface area contributed by atoms with Gasteiger partial charge in [0.2, 0.25) is 0 Å². The molecule has 1 N–H and O–H groups in total. The summed E-state index contributed by atoms with van der Waals surface area (Å²) in [6.07, 6.45) is 1.58. The number of nitrogens with zero attached hydrogens (tertiary/aromatic N) is 1. The Labute approximate surface area is 78.3 Å². The van der Waals surface area contributed by atoms with E-state index in [2.05, 4.69) is 25.8 Å². The van der Waals surface area contributed by atoms with Gasteiger partial charge < -0.3 is 9.78 Å². The van der Waals surface area contributed by atoms with Crippen molar-refractivity contribution in [3.8, 4) is 0 Å². The van der Waals surface area contributed by atoms with Crippen molar-refractivity contribution in [3.63, 3.8) is 0 Å². The zero-order valence-corrected chi connectivity index (χ0v) is 7.65. The fourth-order valence-corrected chi connectivity index (χ4v) is 1.46. The highest BCUT2D eigenvalue weighted by Crippen LogP contribution is 2.10. The van der Waals surface area contributed by atoms with Crippen LogP contribution in [0.5, 0.6) is 0 Å². The van der Waals surface area contributed by atoms with Gasteiger partial charge in [-0.25, -0.2) is 0 Å². The molecule has 1 aliphatic heterocycles. The molecule has 0 aliphatic carbocycles. The second-order valence-electron chi connectivity index (χ2n) is 2.47. The maximum absolute atomic E-state index is 9.33. The topological polar surface area (TPSA) is 41.8 Å². The quantitative estimate of drug-likeness (QED) is 0.654. The summed E-state index contributed by atoms with van der Waals surface area (Å²) in [7, 11) is -0.942. The van der Waals surface area contributed by atoms with Crippen LogP contribution >= 0.6 is 15.9 Å². The summed E-state index contributed by atoms with van der Waals surface area (Å²) in [5.74, 6) is 0. The Kier molecular flexibility index (Phi) is 1.90. The molecule has 3 nitrogen and oxygen atoms in total. The normalized spacial score (nSPS) is 14.0. The molecule has 0 spiro atoms. The van der Waals surface area contributed by atoms with Crippen LogP contribution < -0.4 is 5.46 Å². The van der Waals surface area contributed by atoms with E-state index >= 15 is 0 Å². The number of hydrogen-bond acceptors (Lipinski definition) is 3. The second-order valence-corrected chi connectivity index (χ2v) is 3.38. The Morgan fingerprint density at radius 1 is 1.50 bits per heavy atom. The standard InChI is InChI=1S/C7H5BBrNO2/c9-6-2-1-5-4-10-12-8(11)7(5)3-6/h1-4,11H. The summed E-state index contributed by atoms with van der Waals surface area (Å²) in [5.41, 5.74) is 1.62. The molecule has 0 bridgehead atoms. The third-order valence-electron chi connectivity index (χ3n) is 1.67. The van der Waals surface area contributed by atoms with Crippen LogP contribution in [0.4, 0.5) is 0 Å². The third-order valence-corrected chi connectivity index (χ3v) is 2.16. The molecule has 0 saturated heterocycles. The lowest BCUT2D eigenvalue weighted by Gasteiger charge is -2.11. The molecule has 0 atom stereocenters. The zero-order valence-electron chi connectivity index (χ0n) is 6.07. The van der Waals surface area contributed by atoms with Crippen LogP contribution in [-0.2, 0) is 4.76 Å². The van der Waals surface area contributed by atoms with Gasteiger partial charge in [0.05, 0.1) is 6.21 Å². The number of fused-ring (bicyclic) bond motifs is 1. The molecule has 1 aliphatic rings. The predicted molar refractivity (Wildman–Crippen MR) is 50.4 cm³/mol. The van der Waals surface area contributed by atoms with Crippen LogP contribution in [0.3, 0.4) is 0 Å². The van der Waals surface area contributed by atoms with Crippen LogP contribution in [0.2, 0.25) is 0 Å². The van der Waals surface area contributed by atoms with Crippen molar-refractivity contribution in [3.05, 3.63) is 28.2 Å². The van der Waals surface area contributed by atoms with E-state index in [4.69, 9.17) is 0 Å². The first kappa shape index (κ1) is 7.82. The van der Waals surface area contributed by atoms with Crippen molar-refractivity contribution in [2.24, 2.45) is 5.16 Å². The average Bonchev–Trinajstić information content (AvgIpc) is 2.07. The van der Waals surface area contributed by atoms with Gasteiger partial charge in [-0.3, -0.25) is 0 Å². The van der Waals surface area contributed by atoms with E-state index in [1.165, 1.54) is 0 Å². The number of hydrogen-bond donors (Lipinski definition) is 1. The molecular weight excluding hydrogens is 221 g/mol. The predicted octanol–water partition coefficient (Wildman–Crippen LogP) is 0.501. The lowest BCUT2D eigenvalue weighted by molar-refractivity contribution is 0.286. The number of halogens is 1. The van der Waals surface area contributed by atoms with E-state index in [0.29, 0.717) is 0 Å². The largest absolute Gasteiger partial charge is 0.583 e. The van der Waals surface area contributed by atoms with E-state index < -0.39 is 7.12 Å². The molecule has 0 saturated carbocycles. The molecule has 1 aromatic rings. The molecule has 0 aromatic heterocycles. The molecule has 1 aromatic carbocycles. The first-order chi connectivity index (χ1) is 5.77. The summed E-state index contributed by atoms with van der Waals surface area (Å²) in [4.78, 5) is 0. The van der Waals surface area contributed by atoms with Crippen LogP contribution in [0.15, 0.2) is 27.8 Å². The molecule has 2 rings (SSSR count). The van der Waals surface area contributed by atoms with Gasteiger partial charge >= 0.3 is 7.12 Å². The molecular formula is C7H5BBrNO2. The lowest BCUT2D eigenvalue weighted by atomic mass is 9.76. The molecule has 0 fully saturated rings. The molecule has 0 amide bonds. The first-order valence-electron chi connectivity index (χ1n) is 3.44. The highest BCUT2D eigenvalue weighted by atomic mass is 79.9. The first-order valence-corrected chi connectivity index (χ1v) is 4.23. The van der Waals surface area contributed by atoms with Crippen LogP contribution in [0.1, 0.15) is 5.56 Å². The second kappa shape index (κ2) is 2.92. The summed E-state index contributed by atoms with van der Waals surface area (Å²) in [6.45, 7) is 0. The minimum atomic E-state index is -0.942. The van der Waals surface area contributed by atoms with E-state index in [1.54, 1.807) is 6.21 Å². The van der Waals surface area contributed by atoms with Gasteiger partial charge in [-0.15, -0.1) is 5.16 Å². The fraction of sp³-hybridized carbons (Fsp3) is 0. The van der Waals surface area contributed by atoms with Gasteiger partial charge in [-0.05, 0) is 17.7 Å². The zero-order chi connectivity index (χ0) is 8.55. The van der Waals surface area contributed by atoms with Gasteiger partial charge in [0.15, 0.2) is 0 Å². The average molecular weight is 226 g/mol. The number of oxime groups is 1. The van der Waals surface area contributed by atoms with Crippen molar-refractivity contribution in [1.82, 2.24) is 0 Å². The number of benzene rings is 1. The Balaban J connectivity index is 2.56. The van der Waals surface area contributed by atoms with Crippen molar-refractivity contribution in [2.45, 2.75) is 0 Å². The van der Waals surface area contributed by atoms with Crippen molar-refractivity contribution < 1.29 is 9.78 Å². The number of rotatable bonds is 0.